The first kappa shape index (κ1) is 13.4. The van der Waals surface area contributed by atoms with Crippen LogP contribution < -0.4 is 10.5 Å². The summed E-state index contributed by atoms with van der Waals surface area (Å²) in [4.78, 5) is 4.16. The molecule has 0 unspecified atom stereocenters. The third-order valence-electron chi connectivity index (χ3n) is 2.36. The molecule has 1 aromatic heterocycles. The lowest BCUT2D eigenvalue weighted by atomic mass is 10.3. The van der Waals surface area contributed by atoms with Crippen molar-refractivity contribution in [2.45, 2.75) is 26.6 Å². The number of hydrogen-bond donors (Lipinski definition) is 1. The van der Waals surface area contributed by atoms with Crippen LogP contribution in [0.15, 0.2) is 28.8 Å². The monoisotopic (exact) mass is 263 g/mol. The number of nitrogen functional groups attached to an aromatic ring is 1. The Labute approximate surface area is 111 Å². The molecule has 6 nitrogen and oxygen atoms in total. The highest BCUT2D eigenvalue weighted by atomic mass is 16.5. The summed E-state index contributed by atoms with van der Waals surface area (Å²) in [6.07, 6.45) is 0.959. The van der Waals surface area contributed by atoms with Gasteiger partial charge in [-0.3, -0.25) is 0 Å². The number of nitrogens with zero attached hydrogens (tertiary/aromatic N) is 2. The van der Waals surface area contributed by atoms with Crippen LogP contribution >= 0.6 is 0 Å². The highest BCUT2D eigenvalue weighted by molar-refractivity contribution is 5.51. The summed E-state index contributed by atoms with van der Waals surface area (Å²) in [5.74, 6) is 1.52. The van der Waals surface area contributed by atoms with Crippen molar-refractivity contribution in [2.24, 2.45) is 0 Å². The lowest BCUT2D eigenvalue weighted by Crippen LogP contribution is -2.00. The fourth-order valence-electron chi connectivity index (χ4n) is 1.47. The Morgan fingerprint density at radius 2 is 2.11 bits per heavy atom. The molecular formula is C13H17N3O3. The molecule has 19 heavy (non-hydrogen) atoms. The average Bonchev–Trinajstić information content (AvgIpc) is 2.86. The van der Waals surface area contributed by atoms with E-state index in [1.807, 2.05) is 19.1 Å². The highest BCUT2D eigenvalue weighted by Gasteiger charge is 2.08. The zero-order chi connectivity index (χ0) is 13.5. The summed E-state index contributed by atoms with van der Waals surface area (Å²) in [6.45, 7) is 3.26. The van der Waals surface area contributed by atoms with Crippen molar-refractivity contribution in [3.05, 3.63) is 36.0 Å². The van der Waals surface area contributed by atoms with Gasteiger partial charge in [-0.25, -0.2) is 0 Å². The predicted octanol–water partition coefficient (Wildman–Crippen LogP) is 2.16. The third kappa shape index (κ3) is 3.96. The fraction of sp³-hybridized carbons (Fsp3) is 0.385. The summed E-state index contributed by atoms with van der Waals surface area (Å²) >= 11 is 0. The maximum atomic E-state index is 5.76. The van der Waals surface area contributed by atoms with Gasteiger partial charge in [0.15, 0.2) is 12.4 Å². The normalized spacial score (nSPS) is 10.6. The van der Waals surface area contributed by atoms with E-state index in [1.54, 1.807) is 12.1 Å². The van der Waals surface area contributed by atoms with E-state index in [1.165, 1.54) is 0 Å². The molecule has 1 aromatic carbocycles. The van der Waals surface area contributed by atoms with Gasteiger partial charge in [0.05, 0.1) is 5.69 Å². The van der Waals surface area contributed by atoms with Crippen molar-refractivity contribution in [1.82, 2.24) is 10.1 Å². The molecule has 0 atom stereocenters. The van der Waals surface area contributed by atoms with E-state index < -0.39 is 0 Å². The van der Waals surface area contributed by atoms with Crippen molar-refractivity contribution in [3.63, 3.8) is 0 Å². The van der Waals surface area contributed by atoms with Crippen LogP contribution in [0.5, 0.6) is 5.75 Å². The topological polar surface area (TPSA) is 83.4 Å². The number of anilines is 1. The molecule has 0 radical (unpaired) electrons. The van der Waals surface area contributed by atoms with Crippen molar-refractivity contribution in [3.8, 4) is 5.75 Å². The third-order valence-corrected chi connectivity index (χ3v) is 2.36. The summed E-state index contributed by atoms with van der Waals surface area (Å²) in [7, 11) is 0. The van der Waals surface area contributed by atoms with Gasteiger partial charge in [0.1, 0.15) is 12.4 Å². The van der Waals surface area contributed by atoms with E-state index >= 15 is 0 Å². The lowest BCUT2D eigenvalue weighted by molar-refractivity contribution is 0.114. The van der Waals surface area contributed by atoms with Crippen molar-refractivity contribution in [1.29, 1.82) is 0 Å². The second-order valence-corrected chi connectivity index (χ2v) is 3.98. The van der Waals surface area contributed by atoms with Crippen molar-refractivity contribution < 1.29 is 14.0 Å². The van der Waals surface area contributed by atoms with Gasteiger partial charge >= 0.3 is 0 Å². The molecule has 6 heteroatoms. The molecule has 0 amide bonds. The number of nitrogens with two attached hydrogens (primary N) is 1. The first-order valence-electron chi connectivity index (χ1n) is 6.16. The molecule has 2 aromatic rings. The zero-order valence-corrected chi connectivity index (χ0v) is 10.8. The Bertz CT molecular complexity index is 513. The van der Waals surface area contributed by atoms with Crippen LogP contribution in [-0.4, -0.2) is 16.7 Å². The van der Waals surface area contributed by atoms with Crippen LogP contribution in [0.3, 0.4) is 0 Å². The molecule has 0 aliphatic carbocycles. The molecule has 2 rings (SSSR count). The number of benzene rings is 1. The zero-order valence-electron chi connectivity index (χ0n) is 10.8. The molecule has 0 aliphatic rings. The van der Waals surface area contributed by atoms with Gasteiger partial charge in [0, 0.05) is 6.61 Å². The van der Waals surface area contributed by atoms with Crippen molar-refractivity contribution in [2.75, 3.05) is 12.3 Å². The SMILES string of the molecule is CCCOCc1noc(COc2ccccc2N)n1. The van der Waals surface area contributed by atoms with Gasteiger partial charge in [-0.05, 0) is 18.6 Å². The first-order chi connectivity index (χ1) is 9.29. The maximum absolute atomic E-state index is 5.76. The van der Waals surface area contributed by atoms with E-state index in [9.17, 15) is 0 Å². The Kier molecular flexibility index (Phi) is 4.74. The van der Waals surface area contributed by atoms with Gasteiger partial charge in [-0.1, -0.05) is 24.2 Å². The minimum absolute atomic E-state index is 0.189. The van der Waals surface area contributed by atoms with Gasteiger partial charge in [0.25, 0.3) is 5.89 Å². The summed E-state index contributed by atoms with van der Waals surface area (Å²) in [5, 5.41) is 3.80. The minimum Gasteiger partial charge on any atom is -0.482 e. The number of hydrogen-bond acceptors (Lipinski definition) is 6. The number of aromatic nitrogens is 2. The van der Waals surface area contributed by atoms with Crippen LogP contribution in [-0.2, 0) is 18.0 Å². The van der Waals surface area contributed by atoms with Crippen molar-refractivity contribution >= 4 is 5.69 Å². The summed E-state index contributed by atoms with van der Waals surface area (Å²) in [5.41, 5.74) is 6.34. The minimum atomic E-state index is 0.189. The quantitative estimate of drug-likeness (QED) is 0.608. The number of ether oxygens (including phenoxy) is 2. The predicted molar refractivity (Wildman–Crippen MR) is 69.4 cm³/mol. The molecule has 0 fully saturated rings. The van der Waals surface area contributed by atoms with Crippen LogP contribution in [0.2, 0.25) is 0 Å². The van der Waals surface area contributed by atoms with E-state index in [0.29, 0.717) is 36.4 Å². The molecule has 0 spiro atoms. The average molecular weight is 263 g/mol. The molecule has 0 bridgehead atoms. The Morgan fingerprint density at radius 3 is 2.89 bits per heavy atom. The van der Waals surface area contributed by atoms with E-state index in [4.69, 9.17) is 19.7 Å². The van der Waals surface area contributed by atoms with Gasteiger partial charge in [-0.2, -0.15) is 4.98 Å². The van der Waals surface area contributed by atoms with Gasteiger partial charge < -0.3 is 19.7 Å². The summed E-state index contributed by atoms with van der Waals surface area (Å²) < 4.78 is 15.9. The standard InChI is InChI=1S/C13H17N3O3/c1-2-7-17-8-12-15-13(19-16-12)9-18-11-6-4-3-5-10(11)14/h3-6H,2,7-9,14H2,1H3. The van der Waals surface area contributed by atoms with Gasteiger partial charge in [-0.15, -0.1) is 0 Å². The second kappa shape index (κ2) is 6.75. The van der Waals surface area contributed by atoms with Crippen LogP contribution in [0, 0.1) is 0 Å². The van der Waals surface area contributed by atoms with Crippen LogP contribution in [0.1, 0.15) is 25.1 Å². The molecule has 2 N–H and O–H groups in total. The molecule has 1 heterocycles. The molecule has 0 saturated heterocycles. The van der Waals surface area contributed by atoms with Gasteiger partial charge in [0.2, 0.25) is 0 Å². The number of rotatable bonds is 7. The first-order valence-corrected chi connectivity index (χ1v) is 6.16. The molecule has 0 saturated carbocycles. The lowest BCUT2D eigenvalue weighted by Gasteiger charge is -2.05. The Morgan fingerprint density at radius 1 is 1.26 bits per heavy atom. The van der Waals surface area contributed by atoms with E-state index in [0.717, 1.165) is 6.42 Å². The second-order valence-electron chi connectivity index (χ2n) is 3.98. The van der Waals surface area contributed by atoms with E-state index in [2.05, 4.69) is 10.1 Å². The Hall–Kier alpha value is -2.08. The maximum Gasteiger partial charge on any atom is 0.264 e. The fourth-order valence-corrected chi connectivity index (χ4v) is 1.47. The highest BCUT2D eigenvalue weighted by Crippen LogP contribution is 2.20. The Balaban J connectivity index is 1.85. The smallest absolute Gasteiger partial charge is 0.264 e. The molecular weight excluding hydrogens is 246 g/mol. The van der Waals surface area contributed by atoms with Crippen LogP contribution in [0.25, 0.3) is 0 Å². The largest absolute Gasteiger partial charge is 0.482 e. The summed E-state index contributed by atoms with van der Waals surface area (Å²) in [6, 6.07) is 7.26. The van der Waals surface area contributed by atoms with E-state index in [-0.39, 0.29) is 6.61 Å². The molecule has 102 valence electrons. The number of para-hydroxylation sites is 2. The molecule has 0 aliphatic heterocycles. The van der Waals surface area contributed by atoms with Crippen LogP contribution in [0.4, 0.5) is 5.69 Å².